The molecule has 1 N–H and O–H groups in total. The lowest BCUT2D eigenvalue weighted by molar-refractivity contribution is 0.328. The molecule has 0 spiro atoms. The molecule has 3 heteroatoms. The van der Waals surface area contributed by atoms with E-state index in [1.807, 2.05) is 0 Å². The van der Waals surface area contributed by atoms with Crippen molar-refractivity contribution in [2.24, 2.45) is 5.92 Å². The van der Waals surface area contributed by atoms with Crippen molar-refractivity contribution in [3.05, 3.63) is 0 Å². The monoisotopic (exact) mass is 189 g/mol. The zero-order chi connectivity index (χ0) is 8.97. The summed E-state index contributed by atoms with van der Waals surface area (Å²) in [4.78, 5) is 0. The molecule has 0 saturated carbocycles. The molecule has 3 unspecified atom stereocenters. The molecule has 2 nitrogen and oxygen atoms in total. The number of hydrogen-bond donors (Lipinski definition) is 1. The van der Waals surface area contributed by atoms with E-state index in [4.69, 9.17) is 0 Å². The first-order chi connectivity index (χ1) is 5.70. The van der Waals surface area contributed by atoms with Gasteiger partial charge in [0.15, 0.2) is 0 Å². The predicted octanol–water partition coefficient (Wildman–Crippen LogP) is 1.14. The molecular formula is C9H19NOS. The largest absolute Gasteiger partial charge is 0.314 e. The summed E-state index contributed by atoms with van der Waals surface area (Å²) in [5.41, 5.74) is 0. The Labute approximate surface area is 77.6 Å². The normalized spacial score (nSPS) is 29.7. The average Bonchev–Trinajstić information content (AvgIpc) is 2.05. The van der Waals surface area contributed by atoms with Gasteiger partial charge in [0.1, 0.15) is 0 Å². The van der Waals surface area contributed by atoms with Crippen molar-refractivity contribution in [3.8, 4) is 0 Å². The second-order valence-electron chi connectivity index (χ2n) is 3.77. The Kier molecular flexibility index (Phi) is 4.22. The quantitative estimate of drug-likeness (QED) is 0.721. The molecule has 3 atom stereocenters. The Balaban J connectivity index is 2.29. The lowest BCUT2D eigenvalue weighted by Gasteiger charge is -2.28. The number of piperidine rings is 1. The number of hydrogen-bond acceptors (Lipinski definition) is 2. The van der Waals surface area contributed by atoms with Crippen molar-refractivity contribution in [1.82, 2.24) is 5.32 Å². The van der Waals surface area contributed by atoms with E-state index in [0.717, 1.165) is 12.3 Å². The van der Waals surface area contributed by atoms with Gasteiger partial charge in [0.25, 0.3) is 0 Å². The van der Waals surface area contributed by atoms with Crippen LogP contribution in [0.2, 0.25) is 0 Å². The summed E-state index contributed by atoms with van der Waals surface area (Å²) in [6.07, 6.45) is 5.69. The Bertz CT molecular complexity index is 155. The molecule has 72 valence electrons. The van der Waals surface area contributed by atoms with Crippen LogP contribution in [0, 0.1) is 5.92 Å². The molecule has 0 bridgehead atoms. The van der Waals surface area contributed by atoms with Gasteiger partial charge in [-0.05, 0) is 25.3 Å². The SMILES string of the molecule is CC(CS(C)=O)C1CCCCN1. The average molecular weight is 189 g/mol. The van der Waals surface area contributed by atoms with Crippen LogP contribution in [0.15, 0.2) is 0 Å². The Morgan fingerprint density at radius 3 is 2.83 bits per heavy atom. The molecule has 12 heavy (non-hydrogen) atoms. The van der Waals surface area contributed by atoms with Gasteiger partial charge in [0.2, 0.25) is 0 Å². The summed E-state index contributed by atoms with van der Waals surface area (Å²) in [5, 5.41) is 3.49. The van der Waals surface area contributed by atoms with E-state index in [-0.39, 0.29) is 0 Å². The highest BCUT2D eigenvalue weighted by Crippen LogP contribution is 2.15. The standard InChI is InChI=1S/C9H19NOS/c1-8(7-12(2)11)9-5-3-4-6-10-9/h8-10H,3-7H2,1-2H3. The highest BCUT2D eigenvalue weighted by molar-refractivity contribution is 7.84. The first-order valence-corrected chi connectivity index (χ1v) is 6.46. The van der Waals surface area contributed by atoms with E-state index in [9.17, 15) is 4.21 Å². The molecule has 1 rings (SSSR count). The third-order valence-corrected chi connectivity index (χ3v) is 3.53. The fraction of sp³-hybridized carbons (Fsp3) is 1.00. The highest BCUT2D eigenvalue weighted by Gasteiger charge is 2.19. The summed E-state index contributed by atoms with van der Waals surface area (Å²) >= 11 is 0. The van der Waals surface area contributed by atoms with Crippen LogP contribution in [0.5, 0.6) is 0 Å². The Morgan fingerprint density at radius 1 is 1.58 bits per heavy atom. The van der Waals surface area contributed by atoms with E-state index < -0.39 is 10.8 Å². The van der Waals surface area contributed by atoms with Gasteiger partial charge in [-0.15, -0.1) is 0 Å². The van der Waals surface area contributed by atoms with E-state index >= 15 is 0 Å². The topological polar surface area (TPSA) is 29.1 Å². The summed E-state index contributed by atoms with van der Waals surface area (Å²) < 4.78 is 11.0. The van der Waals surface area contributed by atoms with Crippen LogP contribution in [0.4, 0.5) is 0 Å². The maximum Gasteiger partial charge on any atom is 0.0272 e. The highest BCUT2D eigenvalue weighted by atomic mass is 32.2. The van der Waals surface area contributed by atoms with Gasteiger partial charge in [-0.1, -0.05) is 13.3 Å². The van der Waals surface area contributed by atoms with Gasteiger partial charge < -0.3 is 5.32 Å². The fourth-order valence-corrected chi connectivity index (χ4v) is 2.82. The smallest absolute Gasteiger partial charge is 0.0272 e. The van der Waals surface area contributed by atoms with Gasteiger partial charge in [0.05, 0.1) is 0 Å². The minimum Gasteiger partial charge on any atom is -0.314 e. The number of nitrogens with one attached hydrogen (secondary N) is 1. The van der Waals surface area contributed by atoms with Gasteiger partial charge in [-0.2, -0.15) is 0 Å². The van der Waals surface area contributed by atoms with Crippen LogP contribution in [-0.4, -0.2) is 28.8 Å². The minimum atomic E-state index is -0.637. The van der Waals surface area contributed by atoms with E-state index in [2.05, 4.69) is 12.2 Å². The van der Waals surface area contributed by atoms with Crippen molar-refractivity contribution >= 4 is 10.8 Å². The summed E-state index contributed by atoms with van der Waals surface area (Å²) in [6.45, 7) is 3.34. The Hall–Kier alpha value is 0.110. The first-order valence-electron chi connectivity index (χ1n) is 4.73. The predicted molar refractivity (Wildman–Crippen MR) is 53.7 cm³/mol. The molecule has 1 saturated heterocycles. The molecule has 1 aliphatic rings. The van der Waals surface area contributed by atoms with Crippen LogP contribution in [0.25, 0.3) is 0 Å². The van der Waals surface area contributed by atoms with E-state index in [0.29, 0.717) is 12.0 Å². The van der Waals surface area contributed by atoms with Crippen LogP contribution in [0.3, 0.4) is 0 Å². The summed E-state index contributed by atoms with van der Waals surface area (Å²) in [6, 6.07) is 0.614. The molecule has 0 aromatic heterocycles. The third kappa shape index (κ3) is 3.23. The van der Waals surface area contributed by atoms with Crippen molar-refractivity contribution in [1.29, 1.82) is 0 Å². The van der Waals surface area contributed by atoms with Crippen LogP contribution >= 0.6 is 0 Å². The van der Waals surface area contributed by atoms with Crippen molar-refractivity contribution in [2.75, 3.05) is 18.6 Å². The Morgan fingerprint density at radius 2 is 2.33 bits per heavy atom. The minimum absolute atomic E-state index is 0.566. The van der Waals surface area contributed by atoms with Gasteiger partial charge in [0, 0.05) is 28.9 Å². The molecule has 1 fully saturated rings. The van der Waals surface area contributed by atoms with Crippen molar-refractivity contribution in [2.45, 2.75) is 32.2 Å². The lowest BCUT2D eigenvalue weighted by Crippen LogP contribution is -2.40. The van der Waals surface area contributed by atoms with Crippen LogP contribution in [-0.2, 0) is 10.8 Å². The van der Waals surface area contributed by atoms with Gasteiger partial charge in [-0.3, -0.25) is 4.21 Å². The summed E-state index contributed by atoms with van der Waals surface area (Å²) in [7, 11) is -0.637. The van der Waals surface area contributed by atoms with Crippen LogP contribution < -0.4 is 5.32 Å². The second kappa shape index (κ2) is 4.97. The third-order valence-electron chi connectivity index (χ3n) is 2.53. The number of rotatable bonds is 3. The molecule has 1 heterocycles. The van der Waals surface area contributed by atoms with E-state index in [1.165, 1.54) is 19.3 Å². The zero-order valence-corrected chi connectivity index (χ0v) is 8.82. The fourth-order valence-electron chi connectivity index (χ4n) is 1.85. The molecule has 0 radical (unpaired) electrons. The van der Waals surface area contributed by atoms with Crippen molar-refractivity contribution in [3.63, 3.8) is 0 Å². The summed E-state index contributed by atoms with van der Waals surface area (Å²) in [5.74, 6) is 1.41. The first kappa shape index (κ1) is 10.2. The van der Waals surface area contributed by atoms with Gasteiger partial charge >= 0.3 is 0 Å². The van der Waals surface area contributed by atoms with Crippen LogP contribution in [0.1, 0.15) is 26.2 Å². The maximum absolute atomic E-state index is 11.0. The van der Waals surface area contributed by atoms with E-state index in [1.54, 1.807) is 6.26 Å². The molecule has 0 aliphatic carbocycles. The zero-order valence-electron chi connectivity index (χ0n) is 8.01. The second-order valence-corrected chi connectivity index (χ2v) is 5.25. The lowest BCUT2D eigenvalue weighted by atomic mass is 9.95. The maximum atomic E-state index is 11.0. The van der Waals surface area contributed by atoms with Gasteiger partial charge in [-0.25, -0.2) is 0 Å². The molecule has 0 amide bonds. The van der Waals surface area contributed by atoms with Crippen molar-refractivity contribution < 1.29 is 4.21 Å². The molecule has 1 aliphatic heterocycles. The molecular weight excluding hydrogens is 170 g/mol. The molecule has 0 aromatic carbocycles. The molecule has 0 aromatic rings.